The second-order valence-electron chi connectivity index (χ2n) is 4.73. The molecule has 124 valence electrons. The summed E-state index contributed by atoms with van der Waals surface area (Å²) in [5.41, 5.74) is 0.383. The van der Waals surface area contributed by atoms with Crippen molar-refractivity contribution in [3.8, 4) is 11.5 Å². The predicted octanol–water partition coefficient (Wildman–Crippen LogP) is 2.75. The van der Waals surface area contributed by atoms with Gasteiger partial charge in [0.1, 0.15) is 12.2 Å². The van der Waals surface area contributed by atoms with Crippen molar-refractivity contribution < 1.29 is 14.3 Å². The number of halogens is 1. The number of nitrogens with zero attached hydrogens (tertiary/aromatic N) is 2. The SMILES string of the molecule is CCOc1c(Cl)cc(C(=O)N[C@@H](CC)c2ncn[nH]2)cc1OC. The molecular weight excluding hydrogens is 320 g/mol. The molecule has 0 aliphatic rings. The van der Waals surface area contributed by atoms with Crippen molar-refractivity contribution in [2.24, 2.45) is 0 Å². The van der Waals surface area contributed by atoms with E-state index in [1.165, 1.54) is 13.4 Å². The molecule has 0 unspecified atom stereocenters. The van der Waals surface area contributed by atoms with Gasteiger partial charge in [0, 0.05) is 5.56 Å². The van der Waals surface area contributed by atoms with Gasteiger partial charge in [-0.15, -0.1) is 0 Å². The number of H-pyrrole nitrogens is 1. The number of rotatable bonds is 7. The molecule has 1 atom stereocenters. The van der Waals surface area contributed by atoms with Gasteiger partial charge in [-0.3, -0.25) is 9.89 Å². The first-order valence-corrected chi connectivity index (χ1v) is 7.64. The van der Waals surface area contributed by atoms with E-state index >= 15 is 0 Å². The van der Waals surface area contributed by atoms with Gasteiger partial charge in [0.25, 0.3) is 5.91 Å². The molecule has 0 saturated carbocycles. The van der Waals surface area contributed by atoms with Gasteiger partial charge in [0.05, 0.1) is 24.8 Å². The van der Waals surface area contributed by atoms with Gasteiger partial charge in [0.2, 0.25) is 0 Å². The lowest BCUT2D eigenvalue weighted by atomic mass is 10.1. The normalized spacial score (nSPS) is 11.8. The van der Waals surface area contributed by atoms with Crippen LogP contribution in [0.25, 0.3) is 0 Å². The third kappa shape index (κ3) is 3.92. The molecule has 23 heavy (non-hydrogen) atoms. The van der Waals surface area contributed by atoms with Crippen LogP contribution < -0.4 is 14.8 Å². The molecule has 1 aromatic heterocycles. The van der Waals surface area contributed by atoms with Crippen molar-refractivity contribution in [1.29, 1.82) is 0 Å². The average molecular weight is 339 g/mol. The number of aromatic nitrogens is 3. The van der Waals surface area contributed by atoms with Crippen LogP contribution in [0.15, 0.2) is 18.5 Å². The maximum absolute atomic E-state index is 12.5. The fourth-order valence-electron chi connectivity index (χ4n) is 2.12. The fraction of sp³-hybridized carbons (Fsp3) is 0.400. The number of amides is 1. The van der Waals surface area contributed by atoms with Crippen LogP contribution in [0.1, 0.15) is 42.5 Å². The second kappa shape index (κ2) is 7.82. The maximum Gasteiger partial charge on any atom is 0.252 e. The molecule has 8 heteroatoms. The molecule has 0 aliphatic carbocycles. The second-order valence-corrected chi connectivity index (χ2v) is 5.13. The standard InChI is InChI=1S/C15H19ClN4O3/c1-4-11(14-17-8-18-20-14)19-15(21)9-6-10(16)13(23-5-2)12(7-9)22-3/h6-8,11H,4-5H2,1-3H3,(H,19,21)(H,17,18,20)/t11-/m0/s1. The molecule has 0 bridgehead atoms. The van der Waals surface area contributed by atoms with Gasteiger partial charge >= 0.3 is 0 Å². The number of ether oxygens (including phenoxy) is 2. The quantitative estimate of drug-likeness (QED) is 0.810. The Bertz CT molecular complexity index is 661. The Hall–Kier alpha value is -2.28. The van der Waals surface area contributed by atoms with Crippen LogP contribution in [0.4, 0.5) is 0 Å². The van der Waals surface area contributed by atoms with Crippen molar-refractivity contribution in [3.63, 3.8) is 0 Å². The Labute approximate surface area is 139 Å². The highest BCUT2D eigenvalue weighted by Gasteiger charge is 2.19. The Morgan fingerprint density at radius 1 is 1.43 bits per heavy atom. The van der Waals surface area contributed by atoms with E-state index in [1.54, 1.807) is 12.1 Å². The Balaban J connectivity index is 2.23. The number of nitrogens with one attached hydrogen (secondary N) is 2. The van der Waals surface area contributed by atoms with Gasteiger partial charge in [-0.1, -0.05) is 18.5 Å². The molecule has 1 heterocycles. The lowest BCUT2D eigenvalue weighted by Crippen LogP contribution is -2.29. The Morgan fingerprint density at radius 2 is 2.22 bits per heavy atom. The molecule has 2 N–H and O–H groups in total. The van der Waals surface area contributed by atoms with E-state index in [2.05, 4.69) is 20.5 Å². The maximum atomic E-state index is 12.5. The van der Waals surface area contributed by atoms with Crippen molar-refractivity contribution in [2.75, 3.05) is 13.7 Å². The lowest BCUT2D eigenvalue weighted by molar-refractivity contribution is 0.0933. The van der Waals surface area contributed by atoms with E-state index in [0.29, 0.717) is 40.9 Å². The summed E-state index contributed by atoms with van der Waals surface area (Å²) in [5.74, 6) is 1.16. The number of methoxy groups -OCH3 is 1. The van der Waals surface area contributed by atoms with Crippen LogP contribution in [0, 0.1) is 0 Å². The highest BCUT2D eigenvalue weighted by Crippen LogP contribution is 2.36. The van der Waals surface area contributed by atoms with Gasteiger partial charge < -0.3 is 14.8 Å². The molecule has 1 aromatic carbocycles. The molecule has 0 radical (unpaired) electrons. The number of hydrogen-bond acceptors (Lipinski definition) is 5. The largest absolute Gasteiger partial charge is 0.493 e. The summed E-state index contributed by atoms with van der Waals surface area (Å²) in [5, 5.41) is 9.77. The number of benzene rings is 1. The lowest BCUT2D eigenvalue weighted by Gasteiger charge is -2.16. The van der Waals surface area contributed by atoms with Gasteiger partial charge in [0.15, 0.2) is 11.5 Å². The first kappa shape index (κ1) is 17.1. The number of aromatic amines is 1. The van der Waals surface area contributed by atoms with Crippen molar-refractivity contribution in [3.05, 3.63) is 34.9 Å². The molecule has 0 aliphatic heterocycles. The van der Waals surface area contributed by atoms with Crippen LogP contribution in [-0.2, 0) is 0 Å². The van der Waals surface area contributed by atoms with Crippen LogP contribution in [0.5, 0.6) is 11.5 Å². The molecule has 0 saturated heterocycles. The summed E-state index contributed by atoms with van der Waals surface area (Å²) >= 11 is 6.19. The summed E-state index contributed by atoms with van der Waals surface area (Å²) < 4.78 is 10.7. The van der Waals surface area contributed by atoms with E-state index in [-0.39, 0.29) is 11.9 Å². The molecule has 2 rings (SSSR count). The summed E-state index contributed by atoms with van der Waals surface area (Å²) in [6, 6.07) is 2.89. The average Bonchev–Trinajstić information content (AvgIpc) is 3.08. The zero-order valence-electron chi connectivity index (χ0n) is 13.2. The van der Waals surface area contributed by atoms with Crippen LogP contribution in [-0.4, -0.2) is 34.8 Å². The first-order chi connectivity index (χ1) is 11.1. The minimum absolute atomic E-state index is 0.263. The summed E-state index contributed by atoms with van der Waals surface area (Å²) in [4.78, 5) is 16.5. The Kier molecular flexibility index (Phi) is 5.81. The smallest absolute Gasteiger partial charge is 0.252 e. The van der Waals surface area contributed by atoms with Crippen molar-refractivity contribution in [1.82, 2.24) is 20.5 Å². The molecule has 1 amide bonds. The molecule has 7 nitrogen and oxygen atoms in total. The summed E-state index contributed by atoms with van der Waals surface area (Å²) in [7, 11) is 1.50. The van der Waals surface area contributed by atoms with E-state index in [9.17, 15) is 4.79 Å². The number of hydrogen-bond donors (Lipinski definition) is 2. The van der Waals surface area contributed by atoms with E-state index < -0.39 is 0 Å². The highest BCUT2D eigenvalue weighted by molar-refractivity contribution is 6.32. The van der Waals surface area contributed by atoms with Crippen LogP contribution in [0.3, 0.4) is 0 Å². The fourth-order valence-corrected chi connectivity index (χ4v) is 2.39. The zero-order valence-corrected chi connectivity index (χ0v) is 14.0. The molecule has 2 aromatic rings. The Morgan fingerprint density at radius 3 is 2.78 bits per heavy atom. The number of carbonyl (C=O) groups excluding carboxylic acids is 1. The monoisotopic (exact) mass is 338 g/mol. The van der Waals surface area contributed by atoms with Crippen molar-refractivity contribution >= 4 is 17.5 Å². The molecular formula is C15H19ClN4O3. The van der Waals surface area contributed by atoms with E-state index in [1.807, 2.05) is 13.8 Å². The van der Waals surface area contributed by atoms with Gasteiger partial charge in [-0.25, -0.2) is 4.98 Å². The summed E-state index contributed by atoms with van der Waals surface area (Å²) in [6.45, 7) is 4.24. The van der Waals surface area contributed by atoms with Gasteiger partial charge in [-0.05, 0) is 25.5 Å². The minimum Gasteiger partial charge on any atom is -0.493 e. The third-order valence-corrected chi connectivity index (χ3v) is 3.54. The van der Waals surface area contributed by atoms with E-state index in [0.717, 1.165) is 0 Å². The van der Waals surface area contributed by atoms with Gasteiger partial charge in [-0.2, -0.15) is 5.10 Å². The topological polar surface area (TPSA) is 89.1 Å². The van der Waals surface area contributed by atoms with Crippen LogP contribution >= 0.6 is 11.6 Å². The van der Waals surface area contributed by atoms with Crippen LogP contribution in [0.2, 0.25) is 5.02 Å². The highest BCUT2D eigenvalue weighted by atomic mass is 35.5. The van der Waals surface area contributed by atoms with Crippen molar-refractivity contribution in [2.45, 2.75) is 26.3 Å². The number of carbonyl (C=O) groups is 1. The first-order valence-electron chi connectivity index (χ1n) is 7.27. The zero-order chi connectivity index (χ0) is 16.8. The minimum atomic E-state index is -0.281. The van der Waals surface area contributed by atoms with E-state index in [4.69, 9.17) is 21.1 Å². The molecule has 0 fully saturated rings. The summed E-state index contributed by atoms with van der Waals surface area (Å²) in [6.07, 6.45) is 2.07. The predicted molar refractivity (Wildman–Crippen MR) is 86.1 cm³/mol. The third-order valence-electron chi connectivity index (χ3n) is 3.26. The molecule has 0 spiro atoms.